The molecule has 8 rings (SSSR count). The summed E-state index contributed by atoms with van der Waals surface area (Å²) < 4.78 is 61.0. The van der Waals surface area contributed by atoms with Gasteiger partial charge in [0.2, 0.25) is 11.8 Å². The van der Waals surface area contributed by atoms with Crippen molar-refractivity contribution < 1.29 is 46.9 Å². The number of halogens is 3. The minimum atomic E-state index is -4.80. The number of nitrogens with zero attached hydrogens (tertiary/aromatic N) is 7. The van der Waals surface area contributed by atoms with Gasteiger partial charge in [0, 0.05) is 24.7 Å². The zero-order valence-corrected chi connectivity index (χ0v) is 43.8. The maximum Gasteiger partial charge on any atom is 0.417 e. The number of ether oxygens (including phenoxy) is 3. The second kappa shape index (κ2) is 22.6. The molecule has 2 aromatic heterocycles. The van der Waals surface area contributed by atoms with Crippen LogP contribution in [-0.4, -0.2) is 85.0 Å². The molecule has 0 radical (unpaired) electrons. The summed E-state index contributed by atoms with van der Waals surface area (Å²) in [6.07, 6.45) is -0.0637. The normalized spacial score (nSPS) is 17.3. The summed E-state index contributed by atoms with van der Waals surface area (Å²) in [5.74, 6) is 0.697. The molecule has 20 heteroatoms. The average molecular weight is 1060 g/mol. The van der Waals surface area contributed by atoms with E-state index in [1.54, 1.807) is 83.4 Å². The standard InChI is InChI=1S/C55H57F3N8O7S2/c1-33(2)48(51(69)63-30-41(67)26-47(63)50(68)62-34(3)36-13-15-37(16-14-36)49-35(4)60-32-75-49)64-31-45(29-61-64)73-44-12-10-11-43(27-44)72-24-9-7-8-23-71-42-21-19-39(20-22-42)66-53(74)65(52(70)54(66,5)6)40-18-17-38(28-59)46(25-40)55(56,57)58/h10-22,25,27,29,31-34,41,47-48,67H,7-9,23-24,26,30H2,1-6H3,(H,62,68)/t34-,41?,47-,48-/m0/s1. The number of hydrogen-bond donors (Lipinski definition) is 2. The van der Waals surface area contributed by atoms with Crippen molar-refractivity contribution in [2.24, 2.45) is 5.92 Å². The van der Waals surface area contributed by atoms with E-state index in [2.05, 4.69) is 15.4 Å². The van der Waals surface area contributed by atoms with Crippen LogP contribution in [0.3, 0.4) is 0 Å². The summed E-state index contributed by atoms with van der Waals surface area (Å²) in [4.78, 5) is 51.1. The third-order valence-electron chi connectivity index (χ3n) is 13.2. The van der Waals surface area contributed by atoms with Crippen LogP contribution in [-0.2, 0) is 20.6 Å². The largest absolute Gasteiger partial charge is 0.494 e. The summed E-state index contributed by atoms with van der Waals surface area (Å²) >= 11 is 7.22. The first-order valence-electron chi connectivity index (χ1n) is 24.5. The van der Waals surface area contributed by atoms with E-state index in [0.29, 0.717) is 41.9 Å². The van der Waals surface area contributed by atoms with Crippen LogP contribution < -0.4 is 29.3 Å². The van der Waals surface area contributed by atoms with Gasteiger partial charge in [-0.05, 0) is 131 Å². The Kier molecular flexibility index (Phi) is 16.3. The van der Waals surface area contributed by atoms with E-state index in [1.165, 1.54) is 17.2 Å². The molecule has 0 aliphatic carbocycles. The molecule has 2 N–H and O–H groups in total. The molecular formula is C55H57F3N8O7S2. The number of benzene rings is 4. The number of hydrogen-bond acceptors (Lipinski definition) is 12. The molecule has 0 bridgehead atoms. The number of rotatable bonds is 19. The van der Waals surface area contributed by atoms with Gasteiger partial charge in [0.25, 0.3) is 5.91 Å². The van der Waals surface area contributed by atoms with Gasteiger partial charge >= 0.3 is 6.18 Å². The van der Waals surface area contributed by atoms with Crippen molar-refractivity contribution in [3.05, 3.63) is 131 Å². The van der Waals surface area contributed by atoms with E-state index in [4.69, 9.17) is 26.4 Å². The number of nitriles is 1. The number of thiazole rings is 1. The fourth-order valence-electron chi connectivity index (χ4n) is 9.28. The lowest BCUT2D eigenvalue weighted by Crippen LogP contribution is -2.49. The number of carbonyl (C=O) groups excluding carboxylic acids is 3. The SMILES string of the molecule is Cc1ncsc1-c1ccc([C@H](C)NC(=O)[C@@H]2CC(O)CN2C(=O)[C@H](C(C)C)n2cc(Oc3cccc(OCCCCCOc4ccc(N5C(=S)N(c6ccc(C#N)c(C(F)(F)F)c6)C(=O)C5(C)C)cc4)c3)cn2)cc1. The highest BCUT2D eigenvalue weighted by molar-refractivity contribution is 7.81. The Morgan fingerprint density at radius 3 is 2.27 bits per heavy atom. The fraction of sp³-hybridized carbons (Fsp3) is 0.364. The molecule has 2 aliphatic rings. The number of carbonyl (C=O) groups is 3. The third-order valence-corrected chi connectivity index (χ3v) is 14.5. The van der Waals surface area contributed by atoms with E-state index in [1.807, 2.05) is 69.6 Å². The van der Waals surface area contributed by atoms with Gasteiger partial charge in [-0.2, -0.15) is 23.5 Å². The van der Waals surface area contributed by atoms with Crippen molar-refractivity contribution in [3.63, 3.8) is 0 Å². The van der Waals surface area contributed by atoms with Gasteiger partial charge in [0.1, 0.15) is 34.9 Å². The monoisotopic (exact) mass is 1060 g/mol. The lowest BCUT2D eigenvalue weighted by atomic mass is 10.0. The fourth-order valence-corrected chi connectivity index (χ4v) is 10.6. The van der Waals surface area contributed by atoms with E-state index >= 15 is 0 Å². The number of thiocarbonyl (C=S) groups is 1. The highest BCUT2D eigenvalue weighted by atomic mass is 32.1. The van der Waals surface area contributed by atoms with Gasteiger partial charge in [-0.25, -0.2) is 4.98 Å². The summed E-state index contributed by atoms with van der Waals surface area (Å²) in [7, 11) is 0. The van der Waals surface area contributed by atoms with Crippen LogP contribution in [0.5, 0.6) is 23.0 Å². The van der Waals surface area contributed by atoms with Crippen LogP contribution in [0.4, 0.5) is 24.5 Å². The van der Waals surface area contributed by atoms with Gasteiger partial charge in [-0.3, -0.25) is 24.0 Å². The molecule has 392 valence electrons. The van der Waals surface area contributed by atoms with Crippen LogP contribution in [0.15, 0.2) is 109 Å². The van der Waals surface area contributed by atoms with Crippen molar-refractivity contribution in [3.8, 4) is 39.5 Å². The number of β-amino-alcohol motifs (C(OH)–C–C–N with tert-alkyl or cyclic N) is 1. The first-order valence-corrected chi connectivity index (χ1v) is 25.8. The molecule has 6 aromatic rings. The molecule has 4 heterocycles. The maximum absolute atomic E-state index is 14.3. The molecule has 1 unspecified atom stereocenters. The lowest BCUT2D eigenvalue weighted by molar-refractivity contribution is -0.142. The van der Waals surface area contributed by atoms with Gasteiger partial charge < -0.3 is 34.4 Å². The number of aliphatic hydroxyl groups excluding tert-OH is 1. The number of likely N-dealkylation sites (tertiary alicyclic amines) is 1. The van der Waals surface area contributed by atoms with Crippen LogP contribution in [0.1, 0.15) is 94.8 Å². The van der Waals surface area contributed by atoms with Crippen LogP contribution in [0.2, 0.25) is 0 Å². The lowest BCUT2D eigenvalue weighted by Gasteiger charge is -2.30. The molecule has 4 aromatic carbocycles. The Balaban J connectivity index is 0.787. The Bertz CT molecular complexity index is 3080. The van der Waals surface area contributed by atoms with Crippen molar-refractivity contribution >= 4 is 57.8 Å². The summed E-state index contributed by atoms with van der Waals surface area (Å²) in [5, 5.41) is 27.5. The van der Waals surface area contributed by atoms with Crippen molar-refractivity contribution in [1.82, 2.24) is 25.0 Å². The summed E-state index contributed by atoms with van der Waals surface area (Å²) in [6, 6.07) is 24.8. The molecular weight excluding hydrogens is 1010 g/mol. The van der Waals surface area contributed by atoms with Gasteiger partial charge in [-0.15, -0.1) is 11.3 Å². The van der Waals surface area contributed by atoms with Gasteiger partial charge in [-0.1, -0.05) is 44.2 Å². The molecule has 2 aliphatic heterocycles. The zero-order valence-electron chi connectivity index (χ0n) is 42.2. The maximum atomic E-state index is 14.3. The van der Waals surface area contributed by atoms with Crippen LogP contribution >= 0.6 is 23.6 Å². The van der Waals surface area contributed by atoms with Gasteiger partial charge in [0.15, 0.2) is 10.9 Å². The Morgan fingerprint density at radius 2 is 1.61 bits per heavy atom. The number of nitrogens with one attached hydrogen (secondary N) is 1. The molecule has 2 fully saturated rings. The molecule has 4 atom stereocenters. The zero-order chi connectivity index (χ0) is 53.8. The highest BCUT2D eigenvalue weighted by Gasteiger charge is 2.51. The van der Waals surface area contributed by atoms with E-state index in [0.717, 1.165) is 58.0 Å². The number of alkyl halides is 3. The molecule has 3 amide bonds. The number of aliphatic hydroxyl groups is 1. The van der Waals surface area contributed by atoms with E-state index in [9.17, 15) is 37.9 Å². The van der Waals surface area contributed by atoms with Crippen molar-refractivity contribution in [2.75, 3.05) is 29.6 Å². The number of unbranched alkanes of at least 4 members (excludes halogenated alkanes) is 2. The highest BCUT2D eigenvalue weighted by Crippen LogP contribution is 2.40. The quantitative estimate of drug-likeness (QED) is 0.0581. The number of aromatic nitrogens is 3. The Labute approximate surface area is 442 Å². The number of anilines is 2. The van der Waals surface area contributed by atoms with Crippen LogP contribution in [0.25, 0.3) is 10.4 Å². The molecule has 0 spiro atoms. The average Bonchev–Trinajstić information content (AvgIpc) is 4.17. The second-order valence-corrected chi connectivity index (χ2v) is 20.6. The van der Waals surface area contributed by atoms with Crippen LogP contribution in [0, 0.1) is 24.2 Å². The van der Waals surface area contributed by atoms with Crippen molar-refractivity contribution in [1.29, 1.82) is 5.26 Å². The first kappa shape index (κ1) is 53.9. The third kappa shape index (κ3) is 12.0. The van der Waals surface area contributed by atoms with E-state index < -0.39 is 46.9 Å². The molecule has 15 nitrogen and oxygen atoms in total. The Hall–Kier alpha value is -7.34. The summed E-state index contributed by atoms with van der Waals surface area (Å²) in [6.45, 7) is 11.8. The number of amides is 3. The molecule has 75 heavy (non-hydrogen) atoms. The predicted molar refractivity (Wildman–Crippen MR) is 282 cm³/mol. The van der Waals surface area contributed by atoms with Gasteiger partial charge in [0.05, 0.1) is 76.7 Å². The number of aryl methyl sites for hydroxylation is 1. The minimum absolute atomic E-state index is 0.00211. The Morgan fingerprint density at radius 1 is 0.933 bits per heavy atom. The van der Waals surface area contributed by atoms with Crippen molar-refractivity contribution in [2.45, 2.75) is 103 Å². The molecule has 2 saturated heterocycles. The van der Waals surface area contributed by atoms with E-state index in [-0.39, 0.29) is 47.5 Å². The minimum Gasteiger partial charge on any atom is -0.494 e. The smallest absolute Gasteiger partial charge is 0.417 e. The summed E-state index contributed by atoms with van der Waals surface area (Å²) in [5.41, 5.74) is 2.28. The second-order valence-electron chi connectivity index (χ2n) is 19.3. The predicted octanol–water partition coefficient (Wildman–Crippen LogP) is 10.6. The topological polar surface area (TPSA) is 175 Å². The molecule has 0 saturated carbocycles. The first-order chi connectivity index (χ1) is 35.7.